The molecule has 2 aromatic carbocycles. The Labute approximate surface area is 187 Å². The van der Waals surface area contributed by atoms with Crippen LogP contribution in [0.15, 0.2) is 65.7 Å². The number of allylic oxidation sites excluding steroid dienone is 1. The lowest BCUT2D eigenvalue weighted by molar-refractivity contribution is 0.240. The molecule has 0 saturated carbocycles. The van der Waals surface area contributed by atoms with Gasteiger partial charge in [0.1, 0.15) is 22.3 Å². The second-order valence-electron chi connectivity index (χ2n) is 7.38. The van der Waals surface area contributed by atoms with Crippen LogP contribution in [-0.4, -0.2) is 21.1 Å². The SMILES string of the molecule is CC1=C(c2nc(-c3ccc(C#N)cc3)cs2)C(c2ccc3cccc(O)c3n2)NC(=O)N1. The van der Waals surface area contributed by atoms with Gasteiger partial charge in [-0.1, -0.05) is 30.3 Å². The lowest BCUT2D eigenvalue weighted by Crippen LogP contribution is -2.43. The van der Waals surface area contributed by atoms with Gasteiger partial charge in [0.05, 0.1) is 23.0 Å². The number of urea groups is 1. The number of aromatic nitrogens is 2. The molecule has 2 aromatic heterocycles. The van der Waals surface area contributed by atoms with Crippen LogP contribution < -0.4 is 10.6 Å². The van der Waals surface area contributed by atoms with E-state index in [0.29, 0.717) is 22.5 Å². The monoisotopic (exact) mass is 439 g/mol. The van der Waals surface area contributed by atoms with Crippen molar-refractivity contribution >= 4 is 33.8 Å². The smallest absolute Gasteiger partial charge is 0.319 e. The Bertz CT molecular complexity index is 1430. The highest BCUT2D eigenvalue weighted by molar-refractivity contribution is 7.11. The standard InChI is InChI=1S/C24H17N5O2S/c1-13-20(23-28-18(12-32-23)15-7-5-14(11-25)6-8-15)22(29-24(31)26-13)17-10-9-16-3-2-4-19(30)21(16)27-17/h2-10,12,22,30H,1H3,(H2,26,29,31). The maximum Gasteiger partial charge on any atom is 0.319 e. The van der Waals surface area contributed by atoms with Crippen molar-refractivity contribution in [3.63, 3.8) is 0 Å². The van der Waals surface area contributed by atoms with E-state index in [4.69, 9.17) is 10.2 Å². The lowest BCUT2D eigenvalue weighted by atomic mass is 9.99. The number of aromatic hydroxyl groups is 1. The van der Waals surface area contributed by atoms with Crippen LogP contribution in [0, 0.1) is 11.3 Å². The number of phenolic OH excluding ortho intramolecular Hbond substituents is 1. The highest BCUT2D eigenvalue weighted by Gasteiger charge is 2.30. The maximum atomic E-state index is 12.3. The van der Waals surface area contributed by atoms with E-state index < -0.39 is 6.04 Å². The molecule has 0 spiro atoms. The quantitative estimate of drug-likeness (QED) is 0.428. The number of thiazole rings is 1. The van der Waals surface area contributed by atoms with Gasteiger partial charge in [0, 0.05) is 27.6 Å². The minimum atomic E-state index is -0.521. The molecule has 0 saturated heterocycles. The number of carbonyl (C=O) groups is 1. The minimum Gasteiger partial charge on any atom is -0.506 e. The van der Waals surface area contributed by atoms with Gasteiger partial charge in [-0.2, -0.15) is 5.26 Å². The second-order valence-corrected chi connectivity index (χ2v) is 8.24. The summed E-state index contributed by atoms with van der Waals surface area (Å²) >= 11 is 1.47. The Hall–Kier alpha value is -4.22. The van der Waals surface area contributed by atoms with E-state index in [1.165, 1.54) is 11.3 Å². The minimum absolute atomic E-state index is 0.0872. The fourth-order valence-corrected chi connectivity index (χ4v) is 4.71. The summed E-state index contributed by atoms with van der Waals surface area (Å²) < 4.78 is 0. The maximum absolute atomic E-state index is 12.3. The van der Waals surface area contributed by atoms with Crippen LogP contribution in [0.2, 0.25) is 0 Å². The third-order valence-electron chi connectivity index (χ3n) is 5.33. The number of phenols is 1. The first-order valence-corrected chi connectivity index (χ1v) is 10.7. The zero-order valence-electron chi connectivity index (χ0n) is 17.0. The second kappa shape index (κ2) is 7.80. The Morgan fingerprint density at radius 3 is 2.69 bits per heavy atom. The van der Waals surface area contributed by atoms with E-state index in [1.54, 1.807) is 24.3 Å². The van der Waals surface area contributed by atoms with Crippen molar-refractivity contribution in [3.05, 3.63) is 81.9 Å². The van der Waals surface area contributed by atoms with Crippen LogP contribution in [0.25, 0.3) is 27.7 Å². The first-order chi connectivity index (χ1) is 15.5. The van der Waals surface area contributed by atoms with Crippen LogP contribution >= 0.6 is 11.3 Å². The molecule has 1 unspecified atom stereocenters. The fourth-order valence-electron chi connectivity index (χ4n) is 3.75. The summed E-state index contributed by atoms with van der Waals surface area (Å²) in [6.07, 6.45) is 0. The molecular weight excluding hydrogens is 422 g/mol. The summed E-state index contributed by atoms with van der Waals surface area (Å²) in [4.78, 5) is 21.7. The van der Waals surface area contributed by atoms with Crippen molar-refractivity contribution in [3.8, 4) is 23.1 Å². The molecule has 2 amide bonds. The molecule has 5 rings (SSSR count). The van der Waals surface area contributed by atoms with Crippen molar-refractivity contribution in [1.29, 1.82) is 5.26 Å². The Balaban J connectivity index is 1.58. The normalized spacial score (nSPS) is 15.9. The van der Waals surface area contributed by atoms with E-state index in [-0.39, 0.29) is 11.8 Å². The topological polar surface area (TPSA) is 111 Å². The van der Waals surface area contributed by atoms with Crippen LogP contribution in [0.5, 0.6) is 5.75 Å². The van der Waals surface area contributed by atoms with Crippen LogP contribution in [0.4, 0.5) is 4.79 Å². The van der Waals surface area contributed by atoms with Crippen molar-refractivity contribution in [2.24, 2.45) is 0 Å². The fraction of sp³-hybridized carbons (Fsp3) is 0.0833. The van der Waals surface area contributed by atoms with Gasteiger partial charge in [0.2, 0.25) is 0 Å². The molecule has 0 radical (unpaired) electrons. The Morgan fingerprint density at radius 2 is 1.91 bits per heavy atom. The molecule has 4 aromatic rings. The molecule has 7 nitrogen and oxygen atoms in total. The van der Waals surface area contributed by atoms with E-state index in [0.717, 1.165) is 27.2 Å². The summed E-state index contributed by atoms with van der Waals surface area (Å²) in [6, 6.07) is 17.5. The highest BCUT2D eigenvalue weighted by Crippen LogP contribution is 2.37. The van der Waals surface area contributed by atoms with Gasteiger partial charge in [-0.3, -0.25) is 0 Å². The molecule has 0 bridgehead atoms. The molecule has 156 valence electrons. The molecule has 0 aliphatic carbocycles. The van der Waals surface area contributed by atoms with Gasteiger partial charge >= 0.3 is 6.03 Å². The van der Waals surface area contributed by atoms with Gasteiger partial charge in [-0.25, -0.2) is 14.8 Å². The number of para-hydroxylation sites is 1. The van der Waals surface area contributed by atoms with Gasteiger partial charge in [-0.05, 0) is 31.2 Å². The molecule has 8 heteroatoms. The first-order valence-electron chi connectivity index (χ1n) is 9.87. The first kappa shape index (κ1) is 19.7. The van der Waals surface area contributed by atoms with E-state index in [2.05, 4.69) is 21.7 Å². The largest absolute Gasteiger partial charge is 0.506 e. The number of carbonyl (C=O) groups excluding carboxylic acids is 1. The van der Waals surface area contributed by atoms with Gasteiger partial charge < -0.3 is 15.7 Å². The summed E-state index contributed by atoms with van der Waals surface area (Å²) in [5.74, 6) is 0.0872. The number of benzene rings is 2. The van der Waals surface area contributed by atoms with Crippen molar-refractivity contribution in [1.82, 2.24) is 20.6 Å². The molecule has 32 heavy (non-hydrogen) atoms. The molecule has 3 heterocycles. The van der Waals surface area contributed by atoms with Crippen molar-refractivity contribution in [2.75, 3.05) is 0 Å². The predicted octanol–water partition coefficient (Wildman–Crippen LogP) is 4.72. The number of hydrogen-bond acceptors (Lipinski definition) is 6. The predicted molar refractivity (Wildman–Crippen MR) is 123 cm³/mol. The molecule has 3 N–H and O–H groups in total. The summed E-state index contributed by atoms with van der Waals surface area (Å²) in [5.41, 5.74) is 4.88. The van der Waals surface area contributed by atoms with E-state index >= 15 is 0 Å². The average Bonchev–Trinajstić information content (AvgIpc) is 3.28. The molecule has 1 atom stereocenters. The van der Waals surface area contributed by atoms with Crippen LogP contribution in [-0.2, 0) is 0 Å². The highest BCUT2D eigenvalue weighted by atomic mass is 32.1. The third kappa shape index (κ3) is 3.45. The van der Waals surface area contributed by atoms with Crippen LogP contribution in [0.3, 0.4) is 0 Å². The zero-order valence-corrected chi connectivity index (χ0v) is 17.8. The van der Waals surface area contributed by atoms with Gasteiger partial charge in [0.15, 0.2) is 0 Å². The number of pyridine rings is 1. The Kier molecular flexibility index (Phi) is 4.81. The number of hydrogen-bond donors (Lipinski definition) is 3. The number of nitrogens with zero attached hydrogens (tertiary/aromatic N) is 3. The number of nitriles is 1. The summed E-state index contributed by atoms with van der Waals surface area (Å²) in [6.45, 7) is 1.84. The number of fused-ring (bicyclic) bond motifs is 1. The Morgan fingerprint density at radius 1 is 1.09 bits per heavy atom. The zero-order chi connectivity index (χ0) is 22.2. The summed E-state index contributed by atoms with van der Waals surface area (Å²) in [7, 11) is 0. The van der Waals surface area contributed by atoms with Gasteiger partial charge in [0.25, 0.3) is 0 Å². The number of rotatable bonds is 3. The molecular formula is C24H17N5O2S. The summed E-state index contributed by atoms with van der Waals surface area (Å²) in [5, 5.41) is 28.5. The van der Waals surface area contributed by atoms with Crippen LogP contribution in [0.1, 0.15) is 29.2 Å². The average molecular weight is 440 g/mol. The number of amides is 2. The van der Waals surface area contributed by atoms with E-state index in [9.17, 15) is 9.90 Å². The van der Waals surface area contributed by atoms with Gasteiger partial charge in [-0.15, -0.1) is 11.3 Å². The lowest BCUT2D eigenvalue weighted by Gasteiger charge is -2.27. The number of nitrogens with one attached hydrogen (secondary N) is 2. The van der Waals surface area contributed by atoms with Crippen molar-refractivity contribution < 1.29 is 9.90 Å². The van der Waals surface area contributed by atoms with E-state index in [1.807, 2.05) is 42.6 Å². The third-order valence-corrected chi connectivity index (χ3v) is 6.21. The van der Waals surface area contributed by atoms with Crippen molar-refractivity contribution in [2.45, 2.75) is 13.0 Å². The molecule has 1 aliphatic heterocycles. The molecule has 1 aliphatic rings. The molecule has 0 fully saturated rings.